The van der Waals surface area contributed by atoms with Gasteiger partial charge in [-0.3, -0.25) is 9.89 Å². The Morgan fingerprint density at radius 2 is 1.89 bits per heavy atom. The van der Waals surface area contributed by atoms with Crippen LogP contribution in [0.25, 0.3) is 11.3 Å². The molecule has 0 saturated heterocycles. The van der Waals surface area contributed by atoms with Crippen molar-refractivity contribution in [3.05, 3.63) is 58.6 Å². The van der Waals surface area contributed by atoms with Crippen molar-refractivity contribution in [1.29, 1.82) is 0 Å². The summed E-state index contributed by atoms with van der Waals surface area (Å²) in [6.45, 7) is 0. The fraction of sp³-hybridized carbons (Fsp3) is 0.200. The summed E-state index contributed by atoms with van der Waals surface area (Å²) in [6, 6.07) is 15.2. The summed E-state index contributed by atoms with van der Waals surface area (Å²) in [6.07, 6.45) is 0.980. The number of aryl methyl sites for hydroxylation is 1. The maximum Gasteiger partial charge on any atom is 0.225 e. The summed E-state index contributed by atoms with van der Waals surface area (Å²) in [4.78, 5) is 12.2. The molecular formula is C20H20BrN3O3. The van der Waals surface area contributed by atoms with Crippen LogP contribution in [0.4, 0.5) is 5.82 Å². The first-order valence-electron chi connectivity index (χ1n) is 8.41. The number of hydrogen-bond donors (Lipinski definition) is 2. The number of anilines is 1. The summed E-state index contributed by atoms with van der Waals surface area (Å²) >= 11 is 3.45. The predicted octanol–water partition coefficient (Wildman–Crippen LogP) is 4.43. The van der Waals surface area contributed by atoms with Crippen molar-refractivity contribution < 1.29 is 14.3 Å². The second-order valence-corrected chi connectivity index (χ2v) is 6.74. The monoisotopic (exact) mass is 429 g/mol. The molecule has 6 nitrogen and oxygen atoms in total. The number of methoxy groups -OCH3 is 2. The first-order valence-corrected chi connectivity index (χ1v) is 9.21. The molecule has 7 heteroatoms. The van der Waals surface area contributed by atoms with E-state index in [0.717, 1.165) is 32.8 Å². The van der Waals surface area contributed by atoms with Crippen LogP contribution in [0.1, 0.15) is 12.0 Å². The highest BCUT2D eigenvalue weighted by atomic mass is 79.9. The molecule has 27 heavy (non-hydrogen) atoms. The molecule has 1 amide bonds. The van der Waals surface area contributed by atoms with Gasteiger partial charge in [-0.15, -0.1) is 0 Å². The number of carbonyl (C=O) groups excluding carboxylic acids is 1. The average molecular weight is 430 g/mol. The molecule has 2 aromatic carbocycles. The van der Waals surface area contributed by atoms with Crippen molar-refractivity contribution in [3.63, 3.8) is 0 Å². The largest absolute Gasteiger partial charge is 0.496 e. The van der Waals surface area contributed by atoms with Gasteiger partial charge in [-0.05, 0) is 52.2 Å². The smallest absolute Gasteiger partial charge is 0.225 e. The predicted molar refractivity (Wildman–Crippen MR) is 108 cm³/mol. The summed E-state index contributed by atoms with van der Waals surface area (Å²) < 4.78 is 11.4. The Morgan fingerprint density at radius 3 is 2.63 bits per heavy atom. The fourth-order valence-electron chi connectivity index (χ4n) is 2.72. The number of amides is 1. The highest BCUT2D eigenvalue weighted by Crippen LogP contribution is 2.29. The lowest BCUT2D eigenvalue weighted by Crippen LogP contribution is -2.12. The lowest BCUT2D eigenvalue weighted by Gasteiger charge is -2.06. The molecule has 3 rings (SSSR count). The molecule has 0 aliphatic carbocycles. The SMILES string of the molecule is COc1ccc(CCC(=O)Nc2cc(-c3ccccc3OC)[nH]n2)cc1Br. The van der Waals surface area contributed by atoms with Crippen LogP contribution in [-0.2, 0) is 11.2 Å². The number of H-pyrrole nitrogens is 1. The van der Waals surface area contributed by atoms with Crippen LogP contribution in [0.5, 0.6) is 11.5 Å². The highest BCUT2D eigenvalue weighted by Gasteiger charge is 2.11. The van der Waals surface area contributed by atoms with Gasteiger partial charge >= 0.3 is 0 Å². The van der Waals surface area contributed by atoms with Crippen LogP contribution in [0.2, 0.25) is 0 Å². The highest BCUT2D eigenvalue weighted by molar-refractivity contribution is 9.10. The summed E-state index contributed by atoms with van der Waals surface area (Å²) in [5.41, 5.74) is 2.72. The maximum absolute atomic E-state index is 12.2. The summed E-state index contributed by atoms with van der Waals surface area (Å²) in [5.74, 6) is 1.89. The second-order valence-electron chi connectivity index (χ2n) is 5.88. The molecular weight excluding hydrogens is 410 g/mol. The zero-order valence-corrected chi connectivity index (χ0v) is 16.7. The molecule has 1 heterocycles. The van der Waals surface area contributed by atoms with Gasteiger partial charge in [0.1, 0.15) is 11.5 Å². The normalized spacial score (nSPS) is 10.5. The minimum absolute atomic E-state index is 0.0972. The molecule has 0 aliphatic rings. The Kier molecular flexibility index (Phi) is 6.13. The van der Waals surface area contributed by atoms with Gasteiger partial charge in [-0.1, -0.05) is 18.2 Å². The number of benzene rings is 2. The van der Waals surface area contributed by atoms with Gasteiger partial charge in [0.05, 0.1) is 24.4 Å². The van der Waals surface area contributed by atoms with Crippen molar-refractivity contribution in [2.75, 3.05) is 19.5 Å². The molecule has 0 unspecified atom stereocenters. The van der Waals surface area contributed by atoms with E-state index in [2.05, 4.69) is 31.4 Å². The van der Waals surface area contributed by atoms with Gasteiger partial charge in [0, 0.05) is 18.1 Å². The minimum Gasteiger partial charge on any atom is -0.496 e. The van der Waals surface area contributed by atoms with Gasteiger partial charge in [0.2, 0.25) is 5.91 Å². The molecule has 0 aliphatic heterocycles. The molecule has 0 saturated carbocycles. The summed E-state index contributed by atoms with van der Waals surface area (Å²) in [5, 5.41) is 9.91. The van der Waals surface area contributed by atoms with E-state index in [0.29, 0.717) is 18.7 Å². The van der Waals surface area contributed by atoms with Gasteiger partial charge in [-0.25, -0.2) is 0 Å². The molecule has 0 atom stereocenters. The zero-order chi connectivity index (χ0) is 19.2. The van der Waals surface area contributed by atoms with Gasteiger partial charge in [0.25, 0.3) is 0 Å². The van der Waals surface area contributed by atoms with Crippen LogP contribution in [0.3, 0.4) is 0 Å². The van der Waals surface area contributed by atoms with E-state index in [-0.39, 0.29) is 5.91 Å². The van der Waals surface area contributed by atoms with Gasteiger partial charge < -0.3 is 14.8 Å². The van der Waals surface area contributed by atoms with Gasteiger partial charge in [0.15, 0.2) is 5.82 Å². The Bertz CT molecular complexity index is 940. The van der Waals surface area contributed by atoms with Crippen molar-refractivity contribution in [3.8, 4) is 22.8 Å². The number of nitrogens with zero attached hydrogens (tertiary/aromatic N) is 1. The number of nitrogens with one attached hydrogen (secondary N) is 2. The van der Waals surface area contributed by atoms with E-state index in [4.69, 9.17) is 9.47 Å². The zero-order valence-electron chi connectivity index (χ0n) is 15.1. The van der Waals surface area contributed by atoms with Crippen LogP contribution in [0.15, 0.2) is 53.0 Å². The number of para-hydroxylation sites is 1. The number of ether oxygens (including phenoxy) is 2. The third-order valence-corrected chi connectivity index (χ3v) is 4.72. The third-order valence-electron chi connectivity index (χ3n) is 4.10. The van der Waals surface area contributed by atoms with Crippen molar-refractivity contribution in [2.24, 2.45) is 0 Å². The molecule has 0 fully saturated rings. The lowest BCUT2D eigenvalue weighted by atomic mass is 10.1. The average Bonchev–Trinajstić information content (AvgIpc) is 3.14. The van der Waals surface area contributed by atoms with E-state index in [1.54, 1.807) is 20.3 Å². The van der Waals surface area contributed by atoms with Gasteiger partial charge in [-0.2, -0.15) is 5.10 Å². The molecule has 0 bridgehead atoms. The second kappa shape index (κ2) is 8.73. The standard InChI is InChI=1S/C20H20BrN3O3/c1-26-17-6-4-3-5-14(17)16-12-19(24-23-16)22-20(25)10-8-13-7-9-18(27-2)15(21)11-13/h3-7,9,11-12H,8,10H2,1-2H3,(H2,22,23,24,25). The Morgan fingerprint density at radius 1 is 1.11 bits per heavy atom. The molecule has 0 spiro atoms. The first kappa shape index (κ1) is 19.0. The Labute approximate surface area is 166 Å². The quantitative estimate of drug-likeness (QED) is 0.582. The number of carbonyl (C=O) groups is 1. The number of halogens is 1. The van der Waals surface area contributed by atoms with Crippen molar-refractivity contribution in [1.82, 2.24) is 10.2 Å². The Balaban J connectivity index is 1.60. The van der Waals surface area contributed by atoms with Crippen molar-refractivity contribution >= 4 is 27.7 Å². The minimum atomic E-state index is -0.0972. The number of hydrogen-bond acceptors (Lipinski definition) is 4. The summed E-state index contributed by atoms with van der Waals surface area (Å²) in [7, 11) is 3.24. The number of rotatable bonds is 7. The van der Waals surface area contributed by atoms with E-state index in [9.17, 15) is 4.79 Å². The number of aromatic amines is 1. The van der Waals surface area contributed by atoms with Crippen LogP contribution in [-0.4, -0.2) is 30.3 Å². The first-order chi connectivity index (χ1) is 13.1. The fourth-order valence-corrected chi connectivity index (χ4v) is 3.31. The van der Waals surface area contributed by atoms with Crippen molar-refractivity contribution in [2.45, 2.75) is 12.8 Å². The molecule has 0 radical (unpaired) electrons. The molecule has 3 aromatic rings. The van der Waals surface area contributed by atoms with E-state index in [1.807, 2.05) is 42.5 Å². The number of aromatic nitrogens is 2. The van der Waals surface area contributed by atoms with Crippen LogP contribution in [0, 0.1) is 0 Å². The molecule has 140 valence electrons. The maximum atomic E-state index is 12.2. The van der Waals surface area contributed by atoms with Crippen LogP contribution >= 0.6 is 15.9 Å². The molecule has 2 N–H and O–H groups in total. The Hall–Kier alpha value is -2.80. The van der Waals surface area contributed by atoms with Crippen LogP contribution < -0.4 is 14.8 Å². The molecule has 1 aromatic heterocycles. The topological polar surface area (TPSA) is 76.2 Å². The van der Waals surface area contributed by atoms with E-state index in [1.165, 1.54) is 0 Å². The lowest BCUT2D eigenvalue weighted by molar-refractivity contribution is -0.116. The van der Waals surface area contributed by atoms with E-state index < -0.39 is 0 Å². The third kappa shape index (κ3) is 4.68. The van der Waals surface area contributed by atoms with E-state index >= 15 is 0 Å².